The fourth-order valence-electron chi connectivity index (χ4n) is 3.16. The van der Waals surface area contributed by atoms with Crippen molar-refractivity contribution in [2.24, 2.45) is 0 Å². The molecule has 0 spiro atoms. The first-order valence-electron chi connectivity index (χ1n) is 8.02. The van der Waals surface area contributed by atoms with Gasteiger partial charge in [0.1, 0.15) is 0 Å². The molecule has 0 saturated carbocycles. The normalized spacial score (nSPS) is 18.3. The first-order chi connectivity index (χ1) is 11.1. The van der Waals surface area contributed by atoms with E-state index in [2.05, 4.69) is 10.3 Å². The molecule has 0 bridgehead atoms. The van der Waals surface area contributed by atoms with Crippen LogP contribution < -0.4 is 0 Å². The van der Waals surface area contributed by atoms with Crippen LogP contribution in [0.25, 0.3) is 0 Å². The summed E-state index contributed by atoms with van der Waals surface area (Å²) in [5.74, 6) is 0.165. The molecule has 1 fully saturated rings. The summed E-state index contributed by atoms with van der Waals surface area (Å²) >= 11 is 5.97. The van der Waals surface area contributed by atoms with Crippen molar-refractivity contribution >= 4 is 17.5 Å². The number of piperidine rings is 1. The summed E-state index contributed by atoms with van der Waals surface area (Å²) < 4.78 is 6.84. The molecule has 3 heterocycles. The van der Waals surface area contributed by atoms with Crippen molar-refractivity contribution in [3.8, 4) is 0 Å². The van der Waals surface area contributed by atoms with Gasteiger partial charge in [0.2, 0.25) is 11.1 Å². The number of carbonyl (C=O) groups is 1. The predicted molar refractivity (Wildman–Crippen MR) is 86.2 cm³/mol. The first kappa shape index (κ1) is 16.1. The van der Waals surface area contributed by atoms with Gasteiger partial charge in [0.15, 0.2) is 0 Å². The quantitative estimate of drug-likeness (QED) is 0.842. The van der Waals surface area contributed by atoms with Crippen molar-refractivity contribution in [2.75, 3.05) is 6.54 Å². The Hall–Kier alpha value is -1.82. The Kier molecular flexibility index (Phi) is 5.00. The lowest BCUT2D eigenvalue weighted by Gasteiger charge is -2.36. The lowest BCUT2D eigenvalue weighted by atomic mass is 10.0. The van der Waals surface area contributed by atoms with Crippen LogP contribution in [0.1, 0.15) is 36.9 Å². The number of likely N-dealkylation sites (tertiary alicyclic amines) is 1. The molecule has 0 radical (unpaired) electrons. The topological polar surface area (TPSA) is 64.2 Å². The van der Waals surface area contributed by atoms with Gasteiger partial charge in [-0.05, 0) is 50.3 Å². The van der Waals surface area contributed by atoms with Crippen LogP contribution in [0.15, 0.2) is 23.0 Å². The van der Waals surface area contributed by atoms with Gasteiger partial charge in [0.05, 0.1) is 18.3 Å². The largest absolute Gasteiger partial charge is 0.344 e. The van der Waals surface area contributed by atoms with Crippen LogP contribution in [0.2, 0.25) is 5.22 Å². The second-order valence-corrected chi connectivity index (χ2v) is 6.33. The van der Waals surface area contributed by atoms with Gasteiger partial charge in [-0.15, -0.1) is 0 Å². The Balaban J connectivity index is 1.62. The Morgan fingerprint density at radius 1 is 1.48 bits per heavy atom. The third kappa shape index (κ3) is 3.75. The number of nitrogens with zero attached hydrogens (tertiary/aromatic N) is 4. The minimum atomic E-state index is 0.165. The van der Waals surface area contributed by atoms with E-state index < -0.39 is 0 Å². The molecule has 0 aliphatic carbocycles. The predicted octanol–water partition coefficient (Wildman–Crippen LogP) is 2.85. The standard InChI is InChI=1S/C16H21ClN4O2/c1-12-14(16(17)23-19-12)6-7-15(22)21-10-3-2-5-13(21)11-20-9-4-8-18-20/h4,8-9,13H,2-3,5-7,10-11H2,1H3. The molecule has 23 heavy (non-hydrogen) atoms. The van der Waals surface area contributed by atoms with E-state index in [9.17, 15) is 4.79 Å². The second-order valence-electron chi connectivity index (χ2n) is 5.99. The van der Waals surface area contributed by atoms with E-state index in [0.717, 1.165) is 43.6 Å². The van der Waals surface area contributed by atoms with Crippen LogP contribution in [-0.2, 0) is 17.8 Å². The molecule has 3 rings (SSSR count). The third-order valence-electron chi connectivity index (χ3n) is 4.43. The van der Waals surface area contributed by atoms with Gasteiger partial charge in [-0.25, -0.2) is 0 Å². The van der Waals surface area contributed by atoms with Gasteiger partial charge >= 0.3 is 0 Å². The maximum Gasteiger partial charge on any atom is 0.229 e. The summed E-state index contributed by atoms with van der Waals surface area (Å²) in [5.41, 5.74) is 1.59. The maximum atomic E-state index is 12.7. The average molecular weight is 337 g/mol. The number of halogens is 1. The third-order valence-corrected chi connectivity index (χ3v) is 4.73. The van der Waals surface area contributed by atoms with E-state index in [1.165, 1.54) is 0 Å². The molecule has 2 aromatic heterocycles. The van der Waals surface area contributed by atoms with Crippen molar-refractivity contribution in [3.63, 3.8) is 0 Å². The number of amides is 1. The molecule has 1 unspecified atom stereocenters. The number of aryl methyl sites for hydroxylation is 1. The van der Waals surface area contributed by atoms with Gasteiger partial charge < -0.3 is 9.42 Å². The van der Waals surface area contributed by atoms with Crippen molar-refractivity contribution in [1.29, 1.82) is 0 Å². The smallest absolute Gasteiger partial charge is 0.229 e. The number of hydrogen-bond donors (Lipinski definition) is 0. The van der Waals surface area contributed by atoms with Gasteiger partial charge in [0, 0.05) is 30.9 Å². The van der Waals surface area contributed by atoms with E-state index in [4.69, 9.17) is 16.1 Å². The molecule has 1 saturated heterocycles. The highest BCUT2D eigenvalue weighted by Crippen LogP contribution is 2.23. The molecule has 2 aromatic rings. The zero-order chi connectivity index (χ0) is 16.2. The van der Waals surface area contributed by atoms with E-state index in [0.29, 0.717) is 18.1 Å². The maximum absolute atomic E-state index is 12.7. The Morgan fingerprint density at radius 3 is 3.04 bits per heavy atom. The van der Waals surface area contributed by atoms with Gasteiger partial charge in [-0.3, -0.25) is 9.48 Å². The minimum Gasteiger partial charge on any atom is -0.344 e. The van der Waals surface area contributed by atoms with Crippen molar-refractivity contribution in [1.82, 2.24) is 19.8 Å². The van der Waals surface area contributed by atoms with Gasteiger partial charge in [-0.1, -0.05) is 5.16 Å². The van der Waals surface area contributed by atoms with E-state index >= 15 is 0 Å². The Bertz CT molecular complexity index is 634. The minimum absolute atomic E-state index is 0.165. The van der Waals surface area contributed by atoms with Crippen LogP contribution >= 0.6 is 11.6 Å². The van der Waals surface area contributed by atoms with Crippen molar-refractivity contribution < 1.29 is 9.32 Å². The van der Waals surface area contributed by atoms with Crippen LogP contribution in [0, 0.1) is 6.92 Å². The highest BCUT2D eigenvalue weighted by molar-refractivity contribution is 6.29. The fourth-order valence-corrected chi connectivity index (χ4v) is 3.42. The monoisotopic (exact) mass is 336 g/mol. The van der Waals surface area contributed by atoms with Crippen LogP contribution in [-0.4, -0.2) is 38.3 Å². The van der Waals surface area contributed by atoms with Crippen molar-refractivity contribution in [2.45, 2.75) is 51.6 Å². The lowest BCUT2D eigenvalue weighted by molar-refractivity contribution is -0.135. The molecule has 124 valence electrons. The number of aromatic nitrogens is 3. The summed E-state index contributed by atoms with van der Waals surface area (Å²) in [6, 6.07) is 2.13. The lowest BCUT2D eigenvalue weighted by Crippen LogP contribution is -2.46. The van der Waals surface area contributed by atoms with Gasteiger partial charge in [-0.2, -0.15) is 5.10 Å². The highest BCUT2D eigenvalue weighted by Gasteiger charge is 2.27. The molecule has 1 amide bonds. The second kappa shape index (κ2) is 7.17. The molecule has 1 aliphatic rings. The summed E-state index contributed by atoms with van der Waals surface area (Å²) in [4.78, 5) is 14.7. The Morgan fingerprint density at radius 2 is 2.35 bits per heavy atom. The Labute approximate surface area is 140 Å². The van der Waals surface area contributed by atoms with E-state index in [1.807, 2.05) is 28.8 Å². The fraction of sp³-hybridized carbons (Fsp3) is 0.562. The molecule has 7 heteroatoms. The molecular formula is C16H21ClN4O2. The molecule has 1 atom stereocenters. The molecular weight excluding hydrogens is 316 g/mol. The zero-order valence-electron chi connectivity index (χ0n) is 13.2. The van der Waals surface area contributed by atoms with Crippen molar-refractivity contribution in [3.05, 3.63) is 34.9 Å². The van der Waals surface area contributed by atoms with Crippen LogP contribution in [0.3, 0.4) is 0 Å². The summed E-state index contributed by atoms with van der Waals surface area (Å²) in [6.45, 7) is 3.42. The van der Waals surface area contributed by atoms with E-state index in [1.54, 1.807) is 6.20 Å². The molecule has 6 nitrogen and oxygen atoms in total. The van der Waals surface area contributed by atoms with Crippen LogP contribution in [0.4, 0.5) is 0 Å². The molecule has 1 aliphatic heterocycles. The average Bonchev–Trinajstić information content (AvgIpc) is 3.16. The SMILES string of the molecule is Cc1noc(Cl)c1CCC(=O)N1CCCCC1Cn1cccn1. The number of carbonyl (C=O) groups excluding carboxylic acids is 1. The number of hydrogen-bond acceptors (Lipinski definition) is 4. The summed E-state index contributed by atoms with van der Waals surface area (Å²) in [6.07, 6.45) is 7.96. The summed E-state index contributed by atoms with van der Waals surface area (Å²) in [7, 11) is 0. The van der Waals surface area contributed by atoms with E-state index in [-0.39, 0.29) is 11.9 Å². The highest BCUT2D eigenvalue weighted by atomic mass is 35.5. The molecule has 0 N–H and O–H groups in total. The number of rotatable bonds is 5. The summed E-state index contributed by atoms with van der Waals surface area (Å²) in [5, 5.41) is 8.38. The van der Waals surface area contributed by atoms with Crippen LogP contribution in [0.5, 0.6) is 0 Å². The van der Waals surface area contributed by atoms with Gasteiger partial charge in [0.25, 0.3) is 0 Å². The molecule has 0 aromatic carbocycles. The zero-order valence-corrected chi connectivity index (χ0v) is 14.0. The first-order valence-corrected chi connectivity index (χ1v) is 8.40.